The van der Waals surface area contributed by atoms with E-state index in [4.69, 9.17) is 4.42 Å². The Hall–Kier alpha value is -4.71. The number of H-pyrrole nitrogens is 1. The molecule has 1 aliphatic heterocycles. The Bertz CT molecular complexity index is 1660. The molecule has 5 aromatic rings. The number of fused-ring (bicyclic) bond motifs is 1. The summed E-state index contributed by atoms with van der Waals surface area (Å²) in [6, 6.07) is 13.7. The van der Waals surface area contributed by atoms with E-state index in [9.17, 15) is 13.6 Å². The monoisotopic (exact) mass is 591 g/mol. The number of rotatable bonds is 8. The molecule has 1 amide bonds. The van der Waals surface area contributed by atoms with Crippen molar-refractivity contribution in [2.75, 3.05) is 37.4 Å². The molecule has 4 heterocycles. The second-order valence-corrected chi connectivity index (χ2v) is 10.4. The minimum absolute atomic E-state index is 0.0646. The third kappa shape index (κ3) is 7.03. The maximum Gasteiger partial charge on any atom is 0.314 e. The van der Waals surface area contributed by atoms with Crippen LogP contribution < -0.4 is 10.2 Å². The number of carbonyl (C=O) groups is 1. The molecule has 0 radical (unpaired) electrons. The Morgan fingerprint density at radius 2 is 1.91 bits per heavy atom. The predicted octanol–water partition coefficient (Wildman–Crippen LogP) is 6.66. The third-order valence-corrected chi connectivity index (χ3v) is 7.27. The number of carbonyl (C=O) groups excluding carboxylic acids is 1. The number of hydrogen-bond donors (Lipinski definition) is 2. The van der Waals surface area contributed by atoms with Gasteiger partial charge in [-0.1, -0.05) is 18.6 Å². The van der Waals surface area contributed by atoms with Crippen LogP contribution in [0.5, 0.6) is 0 Å². The first kappa shape index (κ1) is 29.8. The molecule has 6 rings (SSSR count). The van der Waals surface area contributed by atoms with E-state index in [2.05, 4.69) is 37.4 Å². The number of likely N-dealkylation sites (tertiary alicyclic amines) is 1. The fraction of sp³-hybridized carbons (Fsp3) is 0.290. The molecule has 9 nitrogen and oxygen atoms in total. The van der Waals surface area contributed by atoms with Crippen LogP contribution in [0.1, 0.15) is 37.3 Å². The Kier molecular flexibility index (Phi) is 9.35. The van der Waals surface area contributed by atoms with Crippen LogP contribution in [0, 0.1) is 5.82 Å². The molecule has 12 heteroatoms. The van der Waals surface area contributed by atoms with Crippen LogP contribution in [0.25, 0.3) is 33.5 Å². The van der Waals surface area contributed by atoms with Crippen molar-refractivity contribution in [3.8, 4) is 22.6 Å². The smallest absolute Gasteiger partial charge is 0.314 e. The molecule has 0 bridgehead atoms. The lowest BCUT2D eigenvalue weighted by atomic mass is 9.99. The van der Waals surface area contributed by atoms with Crippen LogP contribution >= 0.6 is 0 Å². The van der Waals surface area contributed by atoms with E-state index < -0.39 is 18.1 Å². The first-order chi connectivity index (χ1) is 20.8. The van der Waals surface area contributed by atoms with Gasteiger partial charge in [0.05, 0.1) is 29.2 Å². The molecule has 1 saturated heterocycles. The zero-order valence-corrected chi connectivity index (χ0v) is 23.9. The number of alkyl halides is 2. The summed E-state index contributed by atoms with van der Waals surface area (Å²) in [5.41, 5.74) is 3.80. The van der Waals surface area contributed by atoms with E-state index in [1.54, 1.807) is 36.3 Å². The van der Waals surface area contributed by atoms with Crippen molar-refractivity contribution in [2.24, 2.45) is 0 Å². The van der Waals surface area contributed by atoms with Crippen molar-refractivity contribution < 1.29 is 22.4 Å². The van der Waals surface area contributed by atoms with Gasteiger partial charge < -0.3 is 24.5 Å². The van der Waals surface area contributed by atoms with Crippen LogP contribution in [0.3, 0.4) is 0 Å². The molecule has 0 saturated carbocycles. The molecule has 2 aromatic carbocycles. The highest BCUT2D eigenvalue weighted by Crippen LogP contribution is 2.37. The zero-order valence-electron chi connectivity index (χ0n) is 23.9. The SMILES string of the molecule is CN(Cc1ccc(-c2nnc(C(F)F)o2)cn1)c1cc(F)c(-c2cccc3[nH]ccc23)cc1NC=O.CN1CCCCC1. The van der Waals surface area contributed by atoms with E-state index in [0.717, 1.165) is 10.9 Å². The van der Waals surface area contributed by atoms with Crippen molar-refractivity contribution in [1.29, 1.82) is 0 Å². The van der Waals surface area contributed by atoms with Crippen LogP contribution in [0.4, 0.5) is 24.5 Å². The lowest BCUT2D eigenvalue weighted by molar-refractivity contribution is -0.105. The van der Waals surface area contributed by atoms with Crippen molar-refractivity contribution in [2.45, 2.75) is 32.2 Å². The summed E-state index contributed by atoms with van der Waals surface area (Å²) < 4.78 is 45.6. The second-order valence-electron chi connectivity index (χ2n) is 10.4. The molecule has 0 atom stereocenters. The molecule has 3 aromatic heterocycles. The third-order valence-electron chi connectivity index (χ3n) is 7.27. The van der Waals surface area contributed by atoms with Gasteiger partial charge in [-0.3, -0.25) is 9.78 Å². The van der Waals surface area contributed by atoms with E-state index in [0.29, 0.717) is 40.2 Å². The number of aromatic nitrogens is 4. The highest BCUT2D eigenvalue weighted by Gasteiger charge is 2.19. The maximum absolute atomic E-state index is 15.3. The first-order valence-corrected chi connectivity index (χ1v) is 13.9. The Labute approximate surface area is 246 Å². The average Bonchev–Trinajstić information content (AvgIpc) is 3.70. The number of piperidine rings is 1. The lowest BCUT2D eigenvalue weighted by Gasteiger charge is -2.23. The van der Waals surface area contributed by atoms with E-state index in [1.807, 2.05) is 24.3 Å². The molecule has 1 fully saturated rings. The molecule has 0 aliphatic carbocycles. The normalized spacial score (nSPS) is 13.5. The minimum Gasteiger partial charge on any atom is -0.415 e. The number of amides is 1. The summed E-state index contributed by atoms with van der Waals surface area (Å²) in [6.45, 7) is 2.91. The van der Waals surface area contributed by atoms with Gasteiger partial charge in [-0.2, -0.15) is 8.78 Å². The number of aromatic amines is 1. The predicted molar refractivity (Wildman–Crippen MR) is 159 cm³/mol. The molecule has 1 aliphatic rings. The van der Waals surface area contributed by atoms with Crippen molar-refractivity contribution in [3.63, 3.8) is 0 Å². The van der Waals surface area contributed by atoms with Gasteiger partial charge in [0, 0.05) is 35.9 Å². The van der Waals surface area contributed by atoms with Gasteiger partial charge in [0.2, 0.25) is 12.3 Å². The highest BCUT2D eigenvalue weighted by atomic mass is 19.3. The number of halogens is 3. The summed E-state index contributed by atoms with van der Waals surface area (Å²) in [4.78, 5) is 22.9. The highest BCUT2D eigenvalue weighted by molar-refractivity contribution is 5.97. The van der Waals surface area contributed by atoms with Crippen LogP contribution in [0.2, 0.25) is 0 Å². The largest absolute Gasteiger partial charge is 0.415 e. The van der Waals surface area contributed by atoms with Gasteiger partial charge in [-0.05, 0) is 74.9 Å². The maximum atomic E-state index is 15.3. The molecule has 2 N–H and O–H groups in total. The van der Waals surface area contributed by atoms with Gasteiger partial charge in [0.15, 0.2) is 0 Å². The lowest BCUT2D eigenvalue weighted by Crippen LogP contribution is -2.24. The summed E-state index contributed by atoms with van der Waals surface area (Å²) in [5, 5.41) is 10.4. The van der Waals surface area contributed by atoms with Gasteiger partial charge in [0.25, 0.3) is 5.89 Å². The molecule has 43 heavy (non-hydrogen) atoms. The topological polar surface area (TPSA) is 103 Å². The second kappa shape index (κ2) is 13.5. The number of pyridine rings is 1. The number of nitrogens with zero attached hydrogens (tertiary/aromatic N) is 5. The van der Waals surface area contributed by atoms with Crippen molar-refractivity contribution in [1.82, 2.24) is 25.1 Å². The summed E-state index contributed by atoms with van der Waals surface area (Å²) in [5.74, 6) is -1.27. The standard InChI is InChI=1S/C25H19F3N6O2.C6H13N/c1-34(12-15-6-5-14(11-30-15)24-32-33-25(36-24)23(27)28)22-10-19(26)18(9-21(22)31-13-35)16-3-2-4-20-17(16)7-8-29-20;1-7-5-3-2-4-6-7/h2-11,13,23,29H,12H2,1H3,(H,31,35);2-6H2,1H3. The number of hydrogen-bond acceptors (Lipinski definition) is 7. The van der Waals surface area contributed by atoms with Gasteiger partial charge in [-0.15, -0.1) is 10.2 Å². The fourth-order valence-corrected chi connectivity index (χ4v) is 5.05. The van der Waals surface area contributed by atoms with Gasteiger partial charge in [0.1, 0.15) is 5.82 Å². The zero-order chi connectivity index (χ0) is 30.3. The quantitative estimate of drug-likeness (QED) is 0.195. The summed E-state index contributed by atoms with van der Waals surface area (Å²) in [7, 11) is 3.93. The minimum atomic E-state index is -2.86. The van der Waals surface area contributed by atoms with Crippen molar-refractivity contribution >= 4 is 28.7 Å². The fourth-order valence-electron chi connectivity index (χ4n) is 5.05. The van der Waals surface area contributed by atoms with Crippen LogP contribution in [-0.2, 0) is 11.3 Å². The van der Waals surface area contributed by atoms with Crippen molar-refractivity contribution in [3.05, 3.63) is 78.3 Å². The van der Waals surface area contributed by atoms with Crippen LogP contribution in [0.15, 0.2) is 65.3 Å². The van der Waals surface area contributed by atoms with E-state index >= 15 is 4.39 Å². The first-order valence-electron chi connectivity index (χ1n) is 13.9. The molecule has 224 valence electrons. The van der Waals surface area contributed by atoms with E-state index in [-0.39, 0.29) is 12.4 Å². The summed E-state index contributed by atoms with van der Waals surface area (Å²) in [6.07, 6.45) is 5.17. The Morgan fingerprint density at radius 3 is 2.56 bits per heavy atom. The average molecular weight is 592 g/mol. The molecule has 0 unspecified atom stereocenters. The Morgan fingerprint density at radius 1 is 1.09 bits per heavy atom. The van der Waals surface area contributed by atoms with Gasteiger partial charge >= 0.3 is 6.43 Å². The number of nitrogens with one attached hydrogen (secondary N) is 2. The van der Waals surface area contributed by atoms with Crippen LogP contribution in [-0.4, -0.2) is 58.7 Å². The molecule has 0 spiro atoms. The number of anilines is 2. The summed E-state index contributed by atoms with van der Waals surface area (Å²) >= 11 is 0. The Balaban J connectivity index is 0.000000463. The van der Waals surface area contributed by atoms with E-state index in [1.165, 1.54) is 44.6 Å². The number of benzene rings is 2. The van der Waals surface area contributed by atoms with Gasteiger partial charge in [-0.25, -0.2) is 4.39 Å². The molecular weight excluding hydrogens is 559 g/mol. The molecular formula is C31H32F3N7O2.